The normalized spacial score (nSPS) is 13.7. The van der Waals surface area contributed by atoms with Crippen molar-refractivity contribution in [3.05, 3.63) is 40.5 Å². The van der Waals surface area contributed by atoms with E-state index in [0.29, 0.717) is 24.7 Å². The zero-order valence-corrected chi connectivity index (χ0v) is 11.3. The highest BCUT2D eigenvalue weighted by atomic mass is 35.5. The summed E-state index contributed by atoms with van der Waals surface area (Å²) in [6, 6.07) is 7.65. The van der Waals surface area contributed by atoms with Gasteiger partial charge in [-0.05, 0) is 36.8 Å². The molecule has 2 heterocycles. The number of hydrogen-bond donors (Lipinski definition) is 0. The Labute approximate surface area is 115 Å². The Kier molecular flexibility index (Phi) is 3.03. The van der Waals surface area contributed by atoms with E-state index in [4.69, 9.17) is 16.3 Å². The van der Waals surface area contributed by atoms with E-state index < -0.39 is 0 Å². The molecule has 1 aromatic carbocycles. The number of hydrogen-bond acceptors (Lipinski definition) is 3. The lowest BCUT2D eigenvalue weighted by molar-refractivity contribution is 0.106. The van der Waals surface area contributed by atoms with Gasteiger partial charge < -0.3 is 4.74 Å². The maximum absolute atomic E-state index is 11.7. The van der Waals surface area contributed by atoms with Crippen molar-refractivity contribution in [3.8, 4) is 0 Å². The lowest BCUT2D eigenvalue weighted by Crippen LogP contribution is -2.26. The Balaban J connectivity index is 1.95. The molecule has 3 rings (SSSR count). The van der Waals surface area contributed by atoms with E-state index in [1.165, 1.54) is 0 Å². The van der Waals surface area contributed by atoms with Crippen molar-refractivity contribution in [1.29, 1.82) is 0 Å². The number of benzene rings is 1. The quantitative estimate of drug-likeness (QED) is 0.802. The number of pyridine rings is 1. The van der Waals surface area contributed by atoms with Gasteiger partial charge in [-0.25, -0.2) is 4.79 Å². The van der Waals surface area contributed by atoms with Crippen LogP contribution in [-0.2, 0) is 17.8 Å². The molecule has 0 N–H and O–H groups in total. The molecule has 2 aromatic rings. The monoisotopic (exact) mass is 276 g/mol. The van der Waals surface area contributed by atoms with Gasteiger partial charge in [0.05, 0.1) is 30.9 Å². The molecule has 98 valence electrons. The van der Waals surface area contributed by atoms with Crippen LogP contribution in [-0.4, -0.2) is 22.6 Å². The van der Waals surface area contributed by atoms with Gasteiger partial charge in [0.15, 0.2) is 0 Å². The van der Waals surface area contributed by atoms with Crippen LogP contribution in [0, 0.1) is 0 Å². The molecular formula is C14H13ClN2O2. The van der Waals surface area contributed by atoms with E-state index in [0.717, 1.165) is 22.2 Å². The first-order valence-electron chi connectivity index (χ1n) is 6.17. The SMILES string of the molecule is CCOC(=O)N1Cc2cc3cc(Cl)ccc3nc2C1. The van der Waals surface area contributed by atoms with Crippen molar-refractivity contribution in [2.45, 2.75) is 20.0 Å². The molecule has 4 nitrogen and oxygen atoms in total. The molecule has 5 heteroatoms. The fourth-order valence-corrected chi connectivity index (χ4v) is 2.47. The predicted molar refractivity (Wildman–Crippen MR) is 73.0 cm³/mol. The molecule has 0 fully saturated rings. The number of carbonyl (C=O) groups is 1. The molecule has 0 bridgehead atoms. The van der Waals surface area contributed by atoms with Crippen molar-refractivity contribution in [2.24, 2.45) is 0 Å². The number of amides is 1. The molecule has 1 aromatic heterocycles. The molecule has 0 radical (unpaired) electrons. The fraction of sp³-hybridized carbons (Fsp3) is 0.286. The third-order valence-electron chi connectivity index (χ3n) is 3.17. The van der Waals surface area contributed by atoms with E-state index in [9.17, 15) is 4.79 Å². The Morgan fingerprint density at radius 2 is 2.26 bits per heavy atom. The number of ether oxygens (including phenoxy) is 1. The summed E-state index contributed by atoms with van der Waals surface area (Å²) in [5.41, 5.74) is 2.89. The highest BCUT2D eigenvalue weighted by molar-refractivity contribution is 6.31. The Morgan fingerprint density at radius 3 is 3.05 bits per heavy atom. The van der Waals surface area contributed by atoms with Gasteiger partial charge in [0.1, 0.15) is 0 Å². The van der Waals surface area contributed by atoms with E-state index in [-0.39, 0.29) is 6.09 Å². The number of aromatic nitrogens is 1. The molecule has 1 amide bonds. The topological polar surface area (TPSA) is 42.4 Å². The summed E-state index contributed by atoms with van der Waals surface area (Å²) in [4.78, 5) is 18.0. The summed E-state index contributed by atoms with van der Waals surface area (Å²) in [6.07, 6.45) is -0.289. The first-order chi connectivity index (χ1) is 9.17. The van der Waals surface area contributed by atoms with Gasteiger partial charge in [-0.1, -0.05) is 11.6 Å². The molecule has 1 aliphatic heterocycles. The van der Waals surface area contributed by atoms with Crippen LogP contribution in [0.3, 0.4) is 0 Å². The predicted octanol–water partition coefficient (Wildman–Crippen LogP) is 3.36. The minimum Gasteiger partial charge on any atom is -0.450 e. The van der Waals surface area contributed by atoms with Gasteiger partial charge in [-0.2, -0.15) is 0 Å². The van der Waals surface area contributed by atoms with Gasteiger partial charge in [0.2, 0.25) is 0 Å². The first-order valence-corrected chi connectivity index (χ1v) is 6.55. The number of carbonyl (C=O) groups excluding carboxylic acids is 1. The van der Waals surface area contributed by atoms with Gasteiger partial charge in [-0.3, -0.25) is 9.88 Å². The smallest absolute Gasteiger partial charge is 0.410 e. The second-order valence-corrected chi connectivity index (χ2v) is 4.92. The second-order valence-electron chi connectivity index (χ2n) is 4.49. The van der Waals surface area contributed by atoms with Gasteiger partial charge in [0, 0.05) is 10.4 Å². The van der Waals surface area contributed by atoms with Crippen LogP contribution in [0.1, 0.15) is 18.2 Å². The Bertz CT molecular complexity index is 657. The summed E-state index contributed by atoms with van der Waals surface area (Å²) in [5.74, 6) is 0. The van der Waals surface area contributed by atoms with Gasteiger partial charge in [-0.15, -0.1) is 0 Å². The van der Waals surface area contributed by atoms with Crippen LogP contribution in [0.25, 0.3) is 10.9 Å². The van der Waals surface area contributed by atoms with Crippen LogP contribution in [0.5, 0.6) is 0 Å². The molecule has 0 aliphatic carbocycles. The number of halogens is 1. The van der Waals surface area contributed by atoms with E-state index in [2.05, 4.69) is 4.98 Å². The zero-order valence-electron chi connectivity index (χ0n) is 10.5. The summed E-state index contributed by atoms with van der Waals surface area (Å²) in [6.45, 7) is 3.24. The first kappa shape index (κ1) is 12.2. The molecule has 0 spiro atoms. The minimum absolute atomic E-state index is 0.289. The van der Waals surface area contributed by atoms with E-state index in [1.54, 1.807) is 11.8 Å². The molecule has 0 saturated carbocycles. The molecule has 19 heavy (non-hydrogen) atoms. The van der Waals surface area contributed by atoms with Crippen LogP contribution in [0.4, 0.5) is 4.79 Å². The standard InChI is InChI=1S/C14H13ClN2O2/c1-2-19-14(18)17-7-10-5-9-6-11(15)3-4-12(9)16-13(10)8-17/h3-6H,2,7-8H2,1H3. The average Bonchev–Trinajstić information content (AvgIpc) is 2.79. The van der Waals surface area contributed by atoms with E-state index >= 15 is 0 Å². The fourth-order valence-electron chi connectivity index (χ4n) is 2.29. The third-order valence-corrected chi connectivity index (χ3v) is 3.41. The number of rotatable bonds is 1. The summed E-state index contributed by atoms with van der Waals surface area (Å²) < 4.78 is 5.01. The zero-order chi connectivity index (χ0) is 13.4. The number of nitrogens with zero attached hydrogens (tertiary/aromatic N) is 2. The Morgan fingerprint density at radius 1 is 1.42 bits per heavy atom. The lowest BCUT2D eigenvalue weighted by Gasteiger charge is -2.13. The Hall–Kier alpha value is -1.81. The van der Waals surface area contributed by atoms with Crippen molar-refractivity contribution < 1.29 is 9.53 Å². The van der Waals surface area contributed by atoms with Crippen LogP contribution < -0.4 is 0 Å². The van der Waals surface area contributed by atoms with Crippen LogP contribution in [0.2, 0.25) is 5.02 Å². The summed E-state index contributed by atoms with van der Waals surface area (Å²) in [5, 5.41) is 1.69. The van der Waals surface area contributed by atoms with E-state index in [1.807, 2.05) is 24.3 Å². The third kappa shape index (κ3) is 2.24. The molecule has 0 unspecified atom stereocenters. The number of fused-ring (bicyclic) bond motifs is 2. The average molecular weight is 277 g/mol. The highest BCUT2D eigenvalue weighted by Gasteiger charge is 2.25. The largest absolute Gasteiger partial charge is 0.450 e. The second kappa shape index (κ2) is 4.70. The van der Waals surface area contributed by atoms with Crippen molar-refractivity contribution in [3.63, 3.8) is 0 Å². The molecule has 0 atom stereocenters. The van der Waals surface area contributed by atoms with Crippen LogP contribution >= 0.6 is 11.6 Å². The molecule has 1 aliphatic rings. The molecular weight excluding hydrogens is 264 g/mol. The van der Waals surface area contributed by atoms with Crippen molar-refractivity contribution in [2.75, 3.05) is 6.61 Å². The van der Waals surface area contributed by atoms with Crippen molar-refractivity contribution in [1.82, 2.24) is 9.88 Å². The van der Waals surface area contributed by atoms with Gasteiger partial charge >= 0.3 is 6.09 Å². The summed E-state index contributed by atoms with van der Waals surface area (Å²) in [7, 11) is 0. The maximum Gasteiger partial charge on any atom is 0.410 e. The maximum atomic E-state index is 11.7. The minimum atomic E-state index is -0.289. The van der Waals surface area contributed by atoms with Gasteiger partial charge in [0.25, 0.3) is 0 Å². The lowest BCUT2D eigenvalue weighted by atomic mass is 10.1. The molecule has 0 saturated heterocycles. The summed E-state index contributed by atoms with van der Waals surface area (Å²) >= 11 is 5.98. The van der Waals surface area contributed by atoms with Crippen LogP contribution in [0.15, 0.2) is 24.3 Å². The highest BCUT2D eigenvalue weighted by Crippen LogP contribution is 2.27. The van der Waals surface area contributed by atoms with Crippen molar-refractivity contribution >= 4 is 28.6 Å².